The summed E-state index contributed by atoms with van der Waals surface area (Å²) in [4.78, 5) is 26.2. The summed E-state index contributed by atoms with van der Waals surface area (Å²) in [6.45, 7) is 23.8. The number of hydrogen-bond acceptors (Lipinski definition) is 6. The van der Waals surface area contributed by atoms with Crippen LogP contribution < -0.4 is 11.5 Å². The molecule has 0 radical (unpaired) electrons. The Morgan fingerprint density at radius 1 is 1.10 bits per heavy atom. The molecular formula is C40H64N4O5. The fourth-order valence-corrected chi connectivity index (χ4v) is 12.3. The van der Waals surface area contributed by atoms with E-state index < -0.39 is 28.7 Å². The van der Waals surface area contributed by atoms with Crippen molar-refractivity contribution in [3.63, 3.8) is 0 Å². The number of aliphatic carboxylic acids is 1. The van der Waals surface area contributed by atoms with Crippen LogP contribution in [0.1, 0.15) is 124 Å². The molecule has 4 aliphatic carbocycles. The second kappa shape index (κ2) is 11.9. The first-order valence-corrected chi connectivity index (χ1v) is 19.0. The van der Waals surface area contributed by atoms with Gasteiger partial charge in [0.15, 0.2) is 0 Å². The van der Waals surface area contributed by atoms with Gasteiger partial charge in [0.25, 0.3) is 5.91 Å². The van der Waals surface area contributed by atoms with Crippen LogP contribution in [-0.4, -0.2) is 58.2 Å². The van der Waals surface area contributed by atoms with Crippen molar-refractivity contribution in [2.24, 2.45) is 74.0 Å². The standard InChI is InChI=1S/C40H64N4O5/c1-23(2)25(5)35(6)16-17-37(8)26-11-12-30-36(7)20-48-22-40(30,27(26)13-15-38(37,9)31(35)34(46)47)19-29(44-28(33(41)45)14-18-43-44)32(36)49-21-39(10,42)24(3)4/h13-14,18,23-26,29-32H,11-12,15-17,19-22,42H2,1-10H3,(H2,41,45)(H,46,47)/t25-,26+,29-,30+,31-,32+,35-,36-,37-,38+,39+,40+/m1/s1. The summed E-state index contributed by atoms with van der Waals surface area (Å²) < 4.78 is 15.5. The minimum absolute atomic E-state index is 0.185. The average Bonchev–Trinajstić information content (AvgIpc) is 3.50. The maximum atomic E-state index is 13.5. The normalized spacial score (nSPS) is 43.5. The van der Waals surface area contributed by atoms with Gasteiger partial charge in [-0.05, 0) is 97.3 Å². The van der Waals surface area contributed by atoms with E-state index in [1.165, 1.54) is 5.57 Å². The smallest absolute Gasteiger partial charge is 0.307 e. The number of hydrogen-bond donors (Lipinski definition) is 3. The van der Waals surface area contributed by atoms with Crippen molar-refractivity contribution in [1.82, 2.24) is 9.78 Å². The van der Waals surface area contributed by atoms with Gasteiger partial charge in [-0.25, -0.2) is 0 Å². The van der Waals surface area contributed by atoms with Gasteiger partial charge < -0.3 is 26.0 Å². The van der Waals surface area contributed by atoms with Gasteiger partial charge in [0, 0.05) is 22.6 Å². The first-order valence-electron chi connectivity index (χ1n) is 19.0. The highest BCUT2D eigenvalue weighted by Crippen LogP contribution is 2.75. The van der Waals surface area contributed by atoms with Crippen LogP contribution in [0.25, 0.3) is 0 Å². The Bertz CT molecular complexity index is 1500. The molecule has 1 aromatic rings. The summed E-state index contributed by atoms with van der Waals surface area (Å²) in [6.07, 6.45) is 9.23. The van der Waals surface area contributed by atoms with Crippen LogP contribution in [-0.2, 0) is 14.3 Å². The third-order valence-corrected chi connectivity index (χ3v) is 16.2. The molecule has 12 atom stereocenters. The van der Waals surface area contributed by atoms with Gasteiger partial charge in [-0.3, -0.25) is 14.3 Å². The highest BCUT2D eigenvalue weighted by molar-refractivity contribution is 5.91. The number of ether oxygens (including phenoxy) is 2. The Labute approximate surface area is 294 Å². The summed E-state index contributed by atoms with van der Waals surface area (Å²) in [5.41, 5.74) is 12.5. The van der Waals surface area contributed by atoms with Crippen molar-refractivity contribution < 1.29 is 24.2 Å². The van der Waals surface area contributed by atoms with E-state index in [0.29, 0.717) is 43.8 Å². The van der Waals surface area contributed by atoms with Crippen LogP contribution in [0.15, 0.2) is 23.9 Å². The Morgan fingerprint density at radius 3 is 2.41 bits per heavy atom. The Morgan fingerprint density at radius 2 is 1.80 bits per heavy atom. The van der Waals surface area contributed by atoms with E-state index in [9.17, 15) is 14.7 Å². The number of fused-ring (bicyclic) bond motifs is 3. The number of carboxylic acids is 1. The molecule has 1 saturated heterocycles. The minimum atomic E-state index is -0.649. The summed E-state index contributed by atoms with van der Waals surface area (Å²) >= 11 is 0. The van der Waals surface area contributed by atoms with Crippen molar-refractivity contribution >= 4 is 11.9 Å². The quantitative estimate of drug-likeness (QED) is 0.242. The highest BCUT2D eigenvalue weighted by Gasteiger charge is 2.72. The Balaban J connectivity index is 1.47. The number of nitrogens with two attached hydrogens (primary N) is 2. The molecule has 9 heteroatoms. The van der Waals surface area contributed by atoms with Crippen LogP contribution >= 0.6 is 0 Å². The lowest BCUT2D eigenvalue weighted by Gasteiger charge is -2.71. The van der Waals surface area contributed by atoms with E-state index in [2.05, 4.69) is 68.4 Å². The third-order valence-electron chi connectivity index (χ3n) is 16.2. The molecule has 5 aliphatic rings. The molecule has 2 heterocycles. The Hall–Kier alpha value is -2.23. The molecule has 5 N–H and O–H groups in total. The molecule has 0 spiro atoms. The van der Waals surface area contributed by atoms with Gasteiger partial charge in [0.05, 0.1) is 37.9 Å². The summed E-state index contributed by atoms with van der Waals surface area (Å²) in [5, 5.41) is 15.8. The van der Waals surface area contributed by atoms with E-state index >= 15 is 0 Å². The lowest BCUT2D eigenvalue weighted by Crippen LogP contribution is -2.69. The first-order chi connectivity index (χ1) is 22.7. The van der Waals surface area contributed by atoms with Crippen molar-refractivity contribution in [3.05, 3.63) is 29.6 Å². The molecule has 0 unspecified atom stereocenters. The Kier molecular flexibility index (Phi) is 8.88. The maximum Gasteiger partial charge on any atom is 0.307 e. The van der Waals surface area contributed by atoms with E-state index in [1.807, 2.05) is 11.6 Å². The van der Waals surface area contributed by atoms with Gasteiger partial charge in [-0.2, -0.15) is 5.10 Å². The number of carboxylic acid groups (broad SMARTS) is 1. The van der Waals surface area contributed by atoms with E-state index in [1.54, 1.807) is 12.3 Å². The van der Waals surface area contributed by atoms with Crippen LogP contribution in [0.3, 0.4) is 0 Å². The number of allylic oxidation sites excluding steroid dienone is 1. The van der Waals surface area contributed by atoms with Gasteiger partial charge in [0.2, 0.25) is 0 Å². The summed E-state index contributed by atoms with van der Waals surface area (Å²) in [5.74, 6) is -0.149. The molecule has 1 amide bonds. The van der Waals surface area contributed by atoms with Crippen LogP contribution in [0.2, 0.25) is 0 Å². The van der Waals surface area contributed by atoms with Crippen molar-refractivity contribution in [2.75, 3.05) is 19.8 Å². The third kappa shape index (κ3) is 5.05. The molecule has 1 aliphatic heterocycles. The zero-order valence-corrected chi connectivity index (χ0v) is 31.8. The van der Waals surface area contributed by atoms with Crippen molar-refractivity contribution in [3.8, 4) is 0 Å². The molecule has 3 saturated carbocycles. The predicted octanol–water partition coefficient (Wildman–Crippen LogP) is 6.87. The van der Waals surface area contributed by atoms with Gasteiger partial charge in [-0.15, -0.1) is 0 Å². The minimum Gasteiger partial charge on any atom is -0.481 e. The number of nitrogens with zero attached hydrogens (tertiary/aromatic N) is 2. The molecule has 6 rings (SSSR count). The average molecular weight is 681 g/mol. The van der Waals surface area contributed by atoms with Gasteiger partial charge in [-0.1, -0.05) is 74.0 Å². The monoisotopic (exact) mass is 680 g/mol. The van der Waals surface area contributed by atoms with Gasteiger partial charge >= 0.3 is 5.97 Å². The zero-order chi connectivity index (χ0) is 36.1. The lowest BCUT2D eigenvalue weighted by atomic mass is 9.34. The summed E-state index contributed by atoms with van der Waals surface area (Å²) in [7, 11) is 0. The number of amides is 1. The topological polar surface area (TPSA) is 143 Å². The van der Waals surface area contributed by atoms with E-state index in [-0.39, 0.29) is 51.6 Å². The predicted molar refractivity (Wildman–Crippen MR) is 191 cm³/mol. The SMILES string of the molecule is CC(C)[C@@H](C)[C@@]1(C)CC[C@]2(C)[C@H]3CC[C@@H]4[C@@]5(COC[C@@]4(C)[C@@H](OC[C@](C)(N)C(C)C)[C@H](n4nccc4C(N)=O)C5)C3=CC[C@@]2(C)[C@@H]1C(=O)O. The second-order valence-electron chi connectivity index (χ2n) is 19.0. The largest absolute Gasteiger partial charge is 0.481 e. The fourth-order valence-electron chi connectivity index (χ4n) is 12.3. The molecule has 9 nitrogen and oxygen atoms in total. The molecule has 274 valence electrons. The fraction of sp³-hybridized carbons (Fsp3) is 0.825. The highest BCUT2D eigenvalue weighted by atomic mass is 16.5. The van der Waals surface area contributed by atoms with Crippen LogP contribution in [0.5, 0.6) is 0 Å². The molecule has 4 fully saturated rings. The van der Waals surface area contributed by atoms with Crippen LogP contribution in [0.4, 0.5) is 0 Å². The molecule has 49 heavy (non-hydrogen) atoms. The number of carbonyl (C=O) groups is 2. The van der Waals surface area contributed by atoms with Crippen molar-refractivity contribution in [2.45, 2.75) is 125 Å². The van der Waals surface area contributed by atoms with Gasteiger partial charge in [0.1, 0.15) is 5.69 Å². The van der Waals surface area contributed by atoms with Crippen molar-refractivity contribution in [1.29, 1.82) is 0 Å². The molecular weight excluding hydrogens is 616 g/mol. The second-order valence-corrected chi connectivity index (χ2v) is 19.0. The lowest BCUT2D eigenvalue weighted by molar-refractivity contribution is -0.252. The number of carbonyl (C=O) groups excluding carboxylic acids is 1. The number of aromatic nitrogens is 2. The van der Waals surface area contributed by atoms with Crippen LogP contribution in [0, 0.1) is 62.6 Å². The number of primary amides is 1. The maximum absolute atomic E-state index is 13.5. The van der Waals surface area contributed by atoms with E-state index in [4.69, 9.17) is 26.0 Å². The molecule has 1 aromatic heterocycles. The molecule has 0 aromatic carbocycles. The first kappa shape index (κ1) is 36.6. The van der Waals surface area contributed by atoms with E-state index in [0.717, 1.165) is 32.1 Å². The molecule has 2 bridgehead atoms. The number of rotatable bonds is 9. The summed E-state index contributed by atoms with van der Waals surface area (Å²) in [6, 6.07) is 1.46. The zero-order valence-electron chi connectivity index (χ0n) is 31.8.